The van der Waals surface area contributed by atoms with Crippen LogP contribution >= 0.6 is 0 Å². The van der Waals surface area contributed by atoms with Crippen LogP contribution in [0.15, 0.2) is 120 Å². The normalized spacial score (nSPS) is 27.0. The molecule has 4 aromatic rings. The first-order valence-corrected chi connectivity index (χ1v) is 20.3. The molecular formula is C45H53NO2Si. The first-order chi connectivity index (χ1) is 23.6. The minimum Gasteiger partial charge on any atom is -0.497 e. The van der Waals surface area contributed by atoms with Crippen LogP contribution in [0.1, 0.15) is 82.9 Å². The molecule has 0 heterocycles. The summed E-state index contributed by atoms with van der Waals surface area (Å²) in [5.41, 5.74) is 5.44. The molecule has 0 unspecified atom stereocenters. The summed E-state index contributed by atoms with van der Waals surface area (Å²) in [5, 5.41) is 2.59. The van der Waals surface area contributed by atoms with Crippen molar-refractivity contribution in [2.45, 2.75) is 89.8 Å². The van der Waals surface area contributed by atoms with Crippen molar-refractivity contribution in [1.82, 2.24) is 0 Å². The SMILES string of the molecule is COc1ccc2c(c1)CC[C@@H]1[C@@H]2CC[C@]2(C)[C@H](O[Si](c3ccccc3)(c3ccccc3)C(C)(C)C)[C@H](N=C/C(C)=C/c3ccccc3)C[C@@H]12. The van der Waals surface area contributed by atoms with E-state index in [2.05, 4.69) is 156 Å². The molecule has 0 saturated heterocycles. The Hall–Kier alpha value is -3.73. The third kappa shape index (κ3) is 6.16. The van der Waals surface area contributed by atoms with Gasteiger partial charge in [0.2, 0.25) is 0 Å². The highest BCUT2D eigenvalue weighted by atomic mass is 28.4. The summed E-state index contributed by atoms with van der Waals surface area (Å²) in [6.45, 7) is 12.0. The molecular weight excluding hydrogens is 615 g/mol. The van der Waals surface area contributed by atoms with Gasteiger partial charge in [-0.15, -0.1) is 0 Å². The number of benzene rings is 4. The van der Waals surface area contributed by atoms with Gasteiger partial charge in [0.1, 0.15) is 5.75 Å². The standard InChI is InChI=1S/C45H53NO2Si/c1-32(28-33-16-10-7-11-17-33)31-46-42-30-41-40-24-22-34-29-35(47-6)23-25-38(34)39(40)26-27-45(41,5)43(42)48-49(44(2,3)4,36-18-12-8-13-19-36)37-20-14-9-15-21-37/h7-21,23,25,28-29,31,39-43H,22,24,26-27,30H2,1-6H3/b32-28+,46-31?/t39-,40-,41+,42-,43-,45+/m1/s1. The van der Waals surface area contributed by atoms with Gasteiger partial charge in [0.05, 0.1) is 19.3 Å². The highest BCUT2D eigenvalue weighted by Crippen LogP contribution is 2.63. The molecule has 0 aromatic heterocycles. The number of allylic oxidation sites excluding steroid dienone is 1. The first kappa shape index (κ1) is 33.7. The van der Waals surface area contributed by atoms with Gasteiger partial charge in [-0.2, -0.15) is 0 Å². The zero-order valence-corrected chi connectivity index (χ0v) is 31.2. The monoisotopic (exact) mass is 667 g/mol. The van der Waals surface area contributed by atoms with Gasteiger partial charge >= 0.3 is 0 Å². The van der Waals surface area contributed by atoms with Crippen LogP contribution in [0.25, 0.3) is 6.08 Å². The lowest BCUT2D eigenvalue weighted by Crippen LogP contribution is -2.69. The predicted molar refractivity (Wildman–Crippen MR) is 208 cm³/mol. The van der Waals surface area contributed by atoms with Crippen molar-refractivity contribution in [3.05, 3.63) is 131 Å². The molecule has 4 aromatic carbocycles. The lowest BCUT2D eigenvalue weighted by Gasteiger charge is -2.53. The number of fused-ring (bicyclic) bond motifs is 5. The second-order valence-electron chi connectivity index (χ2n) is 16.1. The molecule has 3 nitrogen and oxygen atoms in total. The maximum atomic E-state index is 8.14. The second kappa shape index (κ2) is 13.5. The molecule has 0 radical (unpaired) electrons. The largest absolute Gasteiger partial charge is 0.497 e. The van der Waals surface area contributed by atoms with Crippen molar-refractivity contribution in [2.24, 2.45) is 22.2 Å². The molecule has 0 bridgehead atoms. The zero-order valence-electron chi connectivity index (χ0n) is 30.2. The van der Waals surface area contributed by atoms with Crippen LogP contribution in [0.2, 0.25) is 5.04 Å². The Kier molecular flexibility index (Phi) is 9.32. The Bertz CT molecular complexity index is 1750. The van der Waals surface area contributed by atoms with Crippen LogP contribution in [0.3, 0.4) is 0 Å². The fraction of sp³-hybridized carbons (Fsp3) is 0.400. The molecule has 0 spiro atoms. The van der Waals surface area contributed by atoms with E-state index in [-0.39, 0.29) is 22.6 Å². The van der Waals surface area contributed by atoms with Gasteiger partial charge in [-0.1, -0.05) is 131 Å². The van der Waals surface area contributed by atoms with Crippen molar-refractivity contribution in [3.63, 3.8) is 0 Å². The van der Waals surface area contributed by atoms with Crippen molar-refractivity contribution >= 4 is 31.0 Å². The van der Waals surface area contributed by atoms with Gasteiger partial charge in [0, 0.05) is 6.21 Å². The number of aliphatic imine (C=N–C) groups is 1. The van der Waals surface area contributed by atoms with Gasteiger partial charge in [0.25, 0.3) is 8.32 Å². The third-order valence-corrected chi connectivity index (χ3v) is 17.3. The average molecular weight is 668 g/mol. The van der Waals surface area contributed by atoms with Gasteiger partial charge in [0.15, 0.2) is 0 Å². The number of aryl methyl sites for hydroxylation is 1. The molecule has 2 saturated carbocycles. The van der Waals surface area contributed by atoms with E-state index in [0.717, 1.165) is 25.0 Å². The number of hydrogen-bond donors (Lipinski definition) is 0. The van der Waals surface area contributed by atoms with Gasteiger partial charge < -0.3 is 9.16 Å². The van der Waals surface area contributed by atoms with E-state index in [1.54, 1.807) is 12.7 Å². The van der Waals surface area contributed by atoms with E-state index in [4.69, 9.17) is 14.2 Å². The summed E-state index contributed by atoms with van der Waals surface area (Å²) in [5.74, 6) is 2.74. The van der Waals surface area contributed by atoms with Crippen molar-refractivity contribution < 1.29 is 9.16 Å². The molecule has 0 N–H and O–H groups in total. The molecule has 6 atom stereocenters. The topological polar surface area (TPSA) is 30.8 Å². The smallest absolute Gasteiger partial charge is 0.261 e. The average Bonchev–Trinajstić information content (AvgIpc) is 3.40. The Morgan fingerprint density at radius 1 is 0.857 bits per heavy atom. The second-order valence-corrected chi connectivity index (χ2v) is 20.4. The van der Waals surface area contributed by atoms with E-state index in [9.17, 15) is 0 Å². The fourth-order valence-corrected chi connectivity index (χ4v) is 14.8. The summed E-state index contributed by atoms with van der Waals surface area (Å²) < 4.78 is 13.8. The fourth-order valence-electron chi connectivity index (χ4n) is 9.95. The molecule has 4 heteroatoms. The van der Waals surface area contributed by atoms with Crippen LogP contribution in [0.5, 0.6) is 5.75 Å². The molecule has 0 amide bonds. The number of methoxy groups -OCH3 is 1. The number of hydrogen-bond acceptors (Lipinski definition) is 3. The summed E-state index contributed by atoms with van der Waals surface area (Å²) in [6.07, 6.45) is 10.2. The third-order valence-electron chi connectivity index (χ3n) is 12.3. The van der Waals surface area contributed by atoms with Crippen LogP contribution in [0.4, 0.5) is 0 Å². The van der Waals surface area contributed by atoms with E-state index in [1.807, 2.05) is 0 Å². The minimum absolute atomic E-state index is 0.0165. The molecule has 3 aliphatic carbocycles. The van der Waals surface area contributed by atoms with Crippen molar-refractivity contribution in [1.29, 1.82) is 0 Å². The number of rotatable bonds is 8. The van der Waals surface area contributed by atoms with Gasteiger partial charge in [-0.05, 0) is 112 Å². The minimum atomic E-state index is -2.81. The summed E-state index contributed by atoms with van der Waals surface area (Å²) in [6, 6.07) is 39.9. The van der Waals surface area contributed by atoms with Crippen LogP contribution in [-0.4, -0.2) is 33.8 Å². The quantitative estimate of drug-likeness (QED) is 0.138. The Morgan fingerprint density at radius 3 is 2.10 bits per heavy atom. The van der Waals surface area contributed by atoms with Gasteiger partial charge in [-0.3, -0.25) is 4.99 Å². The van der Waals surface area contributed by atoms with Crippen LogP contribution in [0, 0.1) is 17.3 Å². The molecule has 2 fully saturated rings. The predicted octanol–water partition coefficient (Wildman–Crippen LogP) is 9.65. The lowest BCUT2D eigenvalue weighted by molar-refractivity contribution is -0.0173. The zero-order chi connectivity index (χ0) is 34.2. The lowest BCUT2D eigenvalue weighted by atomic mass is 9.55. The van der Waals surface area contributed by atoms with E-state index in [0.29, 0.717) is 17.8 Å². The maximum Gasteiger partial charge on any atom is 0.261 e. The summed E-state index contributed by atoms with van der Waals surface area (Å²) >= 11 is 0. The van der Waals surface area contributed by atoms with Crippen LogP contribution in [-0.2, 0) is 10.8 Å². The molecule has 49 heavy (non-hydrogen) atoms. The van der Waals surface area contributed by atoms with E-state index < -0.39 is 8.32 Å². The van der Waals surface area contributed by atoms with Crippen molar-refractivity contribution in [3.8, 4) is 5.75 Å². The highest BCUT2D eigenvalue weighted by Gasteiger charge is 2.62. The molecule has 3 aliphatic rings. The van der Waals surface area contributed by atoms with E-state index in [1.165, 1.54) is 39.9 Å². The summed E-state index contributed by atoms with van der Waals surface area (Å²) in [7, 11) is -1.03. The molecule has 7 rings (SSSR count). The molecule has 254 valence electrons. The highest BCUT2D eigenvalue weighted by molar-refractivity contribution is 6.99. The van der Waals surface area contributed by atoms with E-state index >= 15 is 0 Å². The Morgan fingerprint density at radius 2 is 1.49 bits per heavy atom. The van der Waals surface area contributed by atoms with Gasteiger partial charge in [-0.25, -0.2) is 0 Å². The molecule has 0 aliphatic heterocycles. The first-order valence-electron chi connectivity index (χ1n) is 18.4. The Balaban J connectivity index is 1.33. The van der Waals surface area contributed by atoms with Crippen LogP contribution < -0.4 is 15.1 Å². The number of nitrogens with zero attached hydrogens (tertiary/aromatic N) is 1. The maximum absolute atomic E-state index is 8.14. The Labute approximate surface area is 295 Å². The number of ether oxygens (including phenoxy) is 1. The summed E-state index contributed by atoms with van der Waals surface area (Å²) in [4.78, 5) is 5.52. The van der Waals surface area contributed by atoms with Crippen molar-refractivity contribution in [2.75, 3.05) is 7.11 Å².